The van der Waals surface area contributed by atoms with Crippen molar-refractivity contribution in [3.05, 3.63) is 35.9 Å². The van der Waals surface area contributed by atoms with Gasteiger partial charge >= 0.3 is 0 Å². The fourth-order valence-electron chi connectivity index (χ4n) is 3.63. The van der Waals surface area contributed by atoms with Gasteiger partial charge in [-0.3, -0.25) is 0 Å². The molecule has 0 aliphatic heterocycles. The molecule has 0 saturated heterocycles. The smallest absolute Gasteiger partial charge is 0.00985 e. The second-order valence-corrected chi connectivity index (χ2v) is 8.25. The molecule has 1 rings (SSSR count). The maximum absolute atomic E-state index is 3.11. The zero-order valence-corrected chi connectivity index (χ0v) is 13.2. The fourth-order valence-corrected chi connectivity index (χ4v) is 3.63. The molecule has 0 amide bonds. The first kappa shape index (κ1) is 15.3. The molecule has 0 aliphatic rings. The molecule has 1 radical (unpaired) electrons. The Labute approximate surface area is 114 Å². The van der Waals surface area contributed by atoms with Crippen LogP contribution in [-0.4, -0.2) is 0 Å². The second kappa shape index (κ2) is 5.07. The van der Waals surface area contributed by atoms with Crippen LogP contribution in [0.1, 0.15) is 66.9 Å². The van der Waals surface area contributed by atoms with E-state index in [0.717, 1.165) is 0 Å². The van der Waals surface area contributed by atoms with Gasteiger partial charge < -0.3 is 0 Å². The van der Waals surface area contributed by atoms with Crippen molar-refractivity contribution in [1.29, 1.82) is 0 Å². The lowest BCUT2D eigenvalue weighted by Gasteiger charge is -2.39. The van der Waals surface area contributed by atoms with Crippen molar-refractivity contribution < 1.29 is 0 Å². The highest BCUT2D eigenvalue weighted by molar-refractivity contribution is 5.23. The van der Waals surface area contributed by atoms with Gasteiger partial charge in [-0.25, -0.2) is 0 Å². The van der Waals surface area contributed by atoms with Gasteiger partial charge in [-0.05, 0) is 40.7 Å². The molecule has 0 heteroatoms. The Kier molecular flexibility index (Phi) is 4.30. The first-order chi connectivity index (χ1) is 8.02. The highest BCUT2D eigenvalue weighted by Crippen LogP contribution is 2.42. The molecule has 18 heavy (non-hydrogen) atoms. The minimum absolute atomic E-state index is 0.226. The third-order valence-corrected chi connectivity index (χ3v) is 3.43. The average Bonchev–Trinajstić information content (AvgIpc) is 2.13. The van der Waals surface area contributed by atoms with Crippen molar-refractivity contribution in [2.24, 2.45) is 10.8 Å². The minimum Gasteiger partial charge on any atom is -0.0602 e. The van der Waals surface area contributed by atoms with Crippen LogP contribution < -0.4 is 0 Å². The van der Waals surface area contributed by atoms with Crippen LogP contribution in [0.15, 0.2) is 24.3 Å². The standard InChI is InChI=1S/C18H29/c1-16(2,3)13-17(4,5)14-18(6,7)15-11-9-8-10-12-15/h9-12H,13-14H2,1-7H3. The van der Waals surface area contributed by atoms with Gasteiger partial charge in [0.15, 0.2) is 0 Å². The first-order valence-corrected chi connectivity index (χ1v) is 6.99. The number of rotatable bonds is 4. The quantitative estimate of drug-likeness (QED) is 0.646. The summed E-state index contributed by atoms with van der Waals surface area (Å²) in [4.78, 5) is 0. The van der Waals surface area contributed by atoms with Crippen LogP contribution in [0, 0.1) is 16.9 Å². The predicted octanol–water partition coefficient (Wildman–Crippen LogP) is 5.62. The van der Waals surface area contributed by atoms with Crippen molar-refractivity contribution >= 4 is 0 Å². The second-order valence-electron chi connectivity index (χ2n) is 8.25. The van der Waals surface area contributed by atoms with E-state index in [0.29, 0.717) is 10.8 Å². The van der Waals surface area contributed by atoms with Gasteiger partial charge in [0.1, 0.15) is 0 Å². The van der Waals surface area contributed by atoms with Crippen LogP contribution in [0.25, 0.3) is 0 Å². The average molecular weight is 245 g/mol. The molecule has 0 aliphatic carbocycles. The minimum atomic E-state index is 0.226. The van der Waals surface area contributed by atoms with Crippen molar-refractivity contribution in [3.63, 3.8) is 0 Å². The lowest BCUT2D eigenvalue weighted by atomic mass is 9.66. The van der Waals surface area contributed by atoms with Gasteiger partial charge in [0.25, 0.3) is 0 Å². The molecule has 0 unspecified atom stereocenters. The summed E-state index contributed by atoms with van der Waals surface area (Å²) in [6.07, 6.45) is 2.46. The van der Waals surface area contributed by atoms with E-state index in [1.807, 2.05) is 12.1 Å². The molecule has 1 aromatic rings. The molecule has 0 aromatic heterocycles. The summed E-state index contributed by atoms with van der Waals surface area (Å²) in [7, 11) is 0. The zero-order valence-electron chi connectivity index (χ0n) is 13.2. The SMILES string of the molecule is CC(C)(C)CC(C)(C)CC(C)(C)c1cc[c]cc1. The summed E-state index contributed by atoms with van der Waals surface area (Å²) in [5.41, 5.74) is 2.40. The van der Waals surface area contributed by atoms with E-state index < -0.39 is 0 Å². The molecule has 0 fully saturated rings. The lowest BCUT2D eigenvalue weighted by Crippen LogP contribution is -2.30. The normalized spacial score (nSPS) is 13.7. The Hall–Kier alpha value is -0.780. The summed E-state index contributed by atoms with van der Waals surface area (Å²) in [6.45, 7) is 16.5. The monoisotopic (exact) mass is 245 g/mol. The number of benzene rings is 1. The topological polar surface area (TPSA) is 0 Å². The van der Waals surface area contributed by atoms with Crippen molar-refractivity contribution in [2.75, 3.05) is 0 Å². The Morgan fingerprint density at radius 2 is 1.33 bits per heavy atom. The summed E-state index contributed by atoms with van der Waals surface area (Å²) in [6, 6.07) is 11.6. The molecule has 0 spiro atoms. The largest absolute Gasteiger partial charge is 0.0602 e. The van der Waals surface area contributed by atoms with Crippen LogP contribution in [0.3, 0.4) is 0 Å². The van der Waals surface area contributed by atoms with Crippen molar-refractivity contribution in [3.8, 4) is 0 Å². The maximum atomic E-state index is 3.11. The van der Waals surface area contributed by atoms with E-state index in [2.05, 4.69) is 66.7 Å². The summed E-state index contributed by atoms with van der Waals surface area (Å²) in [5.74, 6) is 0. The third-order valence-electron chi connectivity index (χ3n) is 3.43. The maximum Gasteiger partial charge on any atom is -0.00985 e. The molecule has 0 nitrogen and oxygen atoms in total. The molecule has 101 valence electrons. The lowest BCUT2D eigenvalue weighted by molar-refractivity contribution is 0.166. The van der Waals surface area contributed by atoms with Gasteiger partial charge in [-0.2, -0.15) is 0 Å². The van der Waals surface area contributed by atoms with Crippen LogP contribution in [0.5, 0.6) is 0 Å². The van der Waals surface area contributed by atoms with Crippen LogP contribution in [0.4, 0.5) is 0 Å². The third kappa shape index (κ3) is 4.84. The molecule has 1 aromatic carbocycles. The highest BCUT2D eigenvalue weighted by atomic mass is 14.4. The number of hydrogen-bond donors (Lipinski definition) is 0. The van der Waals surface area contributed by atoms with E-state index in [1.165, 1.54) is 18.4 Å². The molecular formula is C18H29. The first-order valence-electron chi connectivity index (χ1n) is 6.99. The summed E-state index contributed by atoms with van der Waals surface area (Å²) < 4.78 is 0. The van der Waals surface area contributed by atoms with Crippen molar-refractivity contribution in [2.45, 2.75) is 66.7 Å². The molecular weight excluding hydrogens is 216 g/mol. The van der Waals surface area contributed by atoms with E-state index >= 15 is 0 Å². The van der Waals surface area contributed by atoms with Crippen molar-refractivity contribution in [1.82, 2.24) is 0 Å². The Bertz CT molecular complexity index is 363. The van der Waals surface area contributed by atoms with Gasteiger partial charge in [-0.15, -0.1) is 0 Å². The zero-order chi connectivity index (χ0) is 14.0. The van der Waals surface area contributed by atoms with Gasteiger partial charge in [0, 0.05) is 0 Å². The van der Waals surface area contributed by atoms with E-state index in [1.54, 1.807) is 0 Å². The summed E-state index contributed by atoms with van der Waals surface area (Å²) >= 11 is 0. The molecule has 0 saturated carbocycles. The Morgan fingerprint density at radius 1 is 0.833 bits per heavy atom. The van der Waals surface area contributed by atoms with Gasteiger partial charge in [0.2, 0.25) is 0 Å². The van der Waals surface area contributed by atoms with Crippen LogP contribution in [-0.2, 0) is 5.41 Å². The molecule has 0 heterocycles. The highest BCUT2D eigenvalue weighted by Gasteiger charge is 2.32. The van der Waals surface area contributed by atoms with E-state index in [9.17, 15) is 0 Å². The van der Waals surface area contributed by atoms with Gasteiger partial charge in [0.05, 0.1) is 0 Å². The molecule has 0 atom stereocenters. The van der Waals surface area contributed by atoms with Gasteiger partial charge in [-0.1, -0.05) is 72.7 Å². The van der Waals surface area contributed by atoms with Crippen LogP contribution in [0.2, 0.25) is 0 Å². The molecule has 0 bridgehead atoms. The fraction of sp³-hybridized carbons (Fsp3) is 0.667. The number of hydrogen-bond acceptors (Lipinski definition) is 0. The van der Waals surface area contributed by atoms with E-state index in [-0.39, 0.29) is 5.41 Å². The molecule has 0 N–H and O–H groups in total. The Balaban J connectivity index is 2.83. The summed E-state index contributed by atoms with van der Waals surface area (Å²) in [5, 5.41) is 0. The van der Waals surface area contributed by atoms with E-state index in [4.69, 9.17) is 0 Å². The predicted molar refractivity (Wildman–Crippen MR) is 80.8 cm³/mol. The Morgan fingerprint density at radius 3 is 1.78 bits per heavy atom. The van der Waals surface area contributed by atoms with Crippen LogP contribution >= 0.6 is 0 Å².